The molecule has 0 aliphatic heterocycles. The molecule has 3 nitrogen and oxygen atoms in total. The number of fused-ring (bicyclic) bond motifs is 1. The molecule has 0 fully saturated rings. The van der Waals surface area contributed by atoms with E-state index in [0.717, 1.165) is 4.70 Å². The summed E-state index contributed by atoms with van der Waals surface area (Å²) >= 11 is 1.37. The highest BCUT2D eigenvalue weighted by atomic mass is 79.9. The van der Waals surface area contributed by atoms with Crippen LogP contribution in [0.4, 0.5) is 5.13 Å². The first kappa shape index (κ1) is 9.28. The molecule has 1 heterocycles. The van der Waals surface area contributed by atoms with Crippen molar-refractivity contribution in [1.29, 1.82) is 0 Å². The molecule has 0 bridgehead atoms. The predicted octanol–water partition coefficient (Wildman–Crippen LogP) is 2.16. The highest BCUT2D eigenvalue weighted by Gasteiger charge is 2.03. The lowest BCUT2D eigenvalue weighted by molar-refractivity contribution is 0.480. The Labute approximate surface area is 83.6 Å². The molecular weight excluding hydrogens is 240 g/mol. The van der Waals surface area contributed by atoms with E-state index in [-0.39, 0.29) is 22.7 Å². The van der Waals surface area contributed by atoms with E-state index in [1.807, 2.05) is 6.07 Å². The van der Waals surface area contributed by atoms with Gasteiger partial charge in [-0.25, -0.2) is 4.98 Å². The van der Waals surface area contributed by atoms with Crippen molar-refractivity contribution >= 4 is 43.7 Å². The Bertz CT molecular complexity index is 401. The first-order valence-electron chi connectivity index (χ1n) is 3.11. The summed E-state index contributed by atoms with van der Waals surface area (Å²) in [4.78, 5) is 3.96. The second-order valence-electron chi connectivity index (χ2n) is 2.18. The van der Waals surface area contributed by atoms with Crippen LogP contribution in [0.1, 0.15) is 0 Å². The van der Waals surface area contributed by atoms with Gasteiger partial charge in [-0.1, -0.05) is 17.4 Å². The van der Waals surface area contributed by atoms with E-state index < -0.39 is 0 Å². The monoisotopic (exact) mass is 246 g/mol. The van der Waals surface area contributed by atoms with Crippen molar-refractivity contribution < 1.29 is 5.11 Å². The van der Waals surface area contributed by atoms with Gasteiger partial charge in [-0.2, -0.15) is 0 Å². The molecule has 0 spiro atoms. The Morgan fingerprint density at radius 2 is 2.17 bits per heavy atom. The van der Waals surface area contributed by atoms with Crippen LogP contribution in [-0.2, 0) is 0 Å². The highest BCUT2D eigenvalue weighted by molar-refractivity contribution is 8.93. The second-order valence-corrected chi connectivity index (χ2v) is 3.24. The molecule has 2 aromatic rings. The molecule has 0 atom stereocenters. The van der Waals surface area contributed by atoms with Crippen LogP contribution in [0.25, 0.3) is 10.2 Å². The molecule has 0 saturated heterocycles. The fraction of sp³-hybridized carbons (Fsp3) is 0. The van der Waals surface area contributed by atoms with E-state index in [1.165, 1.54) is 11.3 Å². The van der Waals surface area contributed by atoms with Crippen molar-refractivity contribution in [3.63, 3.8) is 0 Å². The molecule has 64 valence electrons. The number of aromatic nitrogens is 1. The zero-order valence-corrected chi connectivity index (χ0v) is 8.55. The minimum absolute atomic E-state index is 0. The molecule has 0 radical (unpaired) electrons. The van der Waals surface area contributed by atoms with E-state index in [4.69, 9.17) is 5.73 Å². The largest absolute Gasteiger partial charge is 0.506 e. The van der Waals surface area contributed by atoms with E-state index in [2.05, 4.69) is 4.98 Å². The smallest absolute Gasteiger partial charge is 0.181 e. The van der Waals surface area contributed by atoms with Crippen molar-refractivity contribution in [2.24, 2.45) is 0 Å². The Hall–Kier alpha value is -0.810. The molecule has 2 rings (SSSR count). The predicted molar refractivity (Wildman–Crippen MR) is 56.0 cm³/mol. The summed E-state index contributed by atoms with van der Waals surface area (Å²) < 4.78 is 0.919. The molecular formula is C7H7BrN2OS. The number of phenolic OH excluding ortho intramolecular Hbond substituents is 1. The number of phenols is 1. The number of benzene rings is 1. The van der Waals surface area contributed by atoms with Gasteiger partial charge in [-0.05, 0) is 12.1 Å². The average Bonchev–Trinajstić information content (AvgIpc) is 2.31. The van der Waals surface area contributed by atoms with E-state index in [0.29, 0.717) is 10.6 Å². The number of para-hydroxylation sites is 1. The van der Waals surface area contributed by atoms with Gasteiger partial charge in [0.15, 0.2) is 5.13 Å². The van der Waals surface area contributed by atoms with Crippen molar-refractivity contribution in [1.82, 2.24) is 4.98 Å². The Balaban J connectivity index is 0.000000720. The van der Waals surface area contributed by atoms with E-state index in [1.54, 1.807) is 12.1 Å². The van der Waals surface area contributed by atoms with Gasteiger partial charge in [-0.3, -0.25) is 0 Å². The van der Waals surface area contributed by atoms with Crippen molar-refractivity contribution in [2.75, 3.05) is 5.73 Å². The number of nitrogen functional groups attached to an aromatic ring is 1. The molecule has 0 aliphatic rings. The molecule has 0 unspecified atom stereocenters. The van der Waals surface area contributed by atoms with Gasteiger partial charge in [0.1, 0.15) is 11.3 Å². The summed E-state index contributed by atoms with van der Waals surface area (Å²) in [5.41, 5.74) is 6.05. The lowest BCUT2D eigenvalue weighted by Gasteiger charge is -1.89. The maximum Gasteiger partial charge on any atom is 0.181 e. The zero-order chi connectivity index (χ0) is 7.84. The van der Waals surface area contributed by atoms with Gasteiger partial charge in [0.05, 0.1) is 4.70 Å². The van der Waals surface area contributed by atoms with Gasteiger partial charge in [-0.15, -0.1) is 17.0 Å². The quantitative estimate of drug-likeness (QED) is 0.749. The number of thiazole rings is 1. The minimum atomic E-state index is 0. The number of halogens is 1. The fourth-order valence-electron chi connectivity index (χ4n) is 0.951. The van der Waals surface area contributed by atoms with Gasteiger partial charge in [0.2, 0.25) is 0 Å². The number of nitrogens with zero attached hydrogens (tertiary/aromatic N) is 1. The normalized spacial score (nSPS) is 9.67. The maximum atomic E-state index is 9.27. The lowest BCUT2D eigenvalue weighted by Crippen LogP contribution is -1.79. The Morgan fingerprint density at radius 3 is 2.83 bits per heavy atom. The van der Waals surface area contributed by atoms with Gasteiger partial charge in [0.25, 0.3) is 0 Å². The SMILES string of the molecule is Br.Nc1nc2c(O)cccc2s1. The second kappa shape index (κ2) is 3.28. The summed E-state index contributed by atoms with van der Waals surface area (Å²) in [5.74, 6) is 0.190. The topological polar surface area (TPSA) is 59.1 Å². The number of aromatic hydroxyl groups is 1. The molecule has 1 aromatic heterocycles. The number of hydrogen-bond donors (Lipinski definition) is 2. The van der Waals surface area contributed by atoms with Crippen LogP contribution in [0, 0.1) is 0 Å². The van der Waals surface area contributed by atoms with Gasteiger partial charge < -0.3 is 10.8 Å². The molecule has 0 aliphatic carbocycles. The van der Waals surface area contributed by atoms with Crippen LogP contribution >= 0.6 is 28.3 Å². The summed E-state index contributed by atoms with van der Waals surface area (Å²) in [6, 6.07) is 5.25. The summed E-state index contributed by atoms with van der Waals surface area (Å²) in [6.45, 7) is 0. The van der Waals surface area contributed by atoms with Crippen molar-refractivity contribution in [2.45, 2.75) is 0 Å². The van der Waals surface area contributed by atoms with Gasteiger partial charge in [0, 0.05) is 0 Å². The summed E-state index contributed by atoms with van der Waals surface area (Å²) in [5, 5.41) is 9.76. The third kappa shape index (κ3) is 1.37. The molecule has 1 aromatic carbocycles. The number of rotatable bonds is 0. The summed E-state index contributed by atoms with van der Waals surface area (Å²) in [6.07, 6.45) is 0. The Kier molecular flexibility index (Phi) is 2.54. The first-order valence-corrected chi connectivity index (χ1v) is 3.93. The molecule has 0 amide bonds. The third-order valence-corrected chi connectivity index (χ3v) is 2.26. The van der Waals surface area contributed by atoms with Crippen LogP contribution in [0.2, 0.25) is 0 Å². The number of hydrogen-bond acceptors (Lipinski definition) is 4. The van der Waals surface area contributed by atoms with Gasteiger partial charge >= 0.3 is 0 Å². The van der Waals surface area contributed by atoms with E-state index in [9.17, 15) is 5.11 Å². The Morgan fingerprint density at radius 1 is 1.42 bits per heavy atom. The molecule has 12 heavy (non-hydrogen) atoms. The van der Waals surface area contributed by atoms with Crippen molar-refractivity contribution in [3.8, 4) is 5.75 Å². The van der Waals surface area contributed by atoms with Crippen LogP contribution in [0.3, 0.4) is 0 Å². The van der Waals surface area contributed by atoms with Crippen LogP contribution in [-0.4, -0.2) is 10.1 Å². The average molecular weight is 247 g/mol. The molecule has 0 saturated carbocycles. The standard InChI is InChI=1S/C7H6N2OS.BrH/c8-7-9-6-4(10)2-1-3-5(6)11-7;/h1-3,10H,(H2,8,9);1H. The highest BCUT2D eigenvalue weighted by Crippen LogP contribution is 2.29. The molecule has 5 heteroatoms. The number of nitrogens with two attached hydrogens (primary N) is 1. The van der Waals surface area contributed by atoms with E-state index >= 15 is 0 Å². The van der Waals surface area contributed by atoms with Crippen LogP contribution in [0.15, 0.2) is 18.2 Å². The zero-order valence-electron chi connectivity index (χ0n) is 6.02. The maximum absolute atomic E-state index is 9.27. The lowest BCUT2D eigenvalue weighted by atomic mass is 10.3. The minimum Gasteiger partial charge on any atom is -0.506 e. The van der Waals surface area contributed by atoms with Crippen LogP contribution in [0.5, 0.6) is 5.75 Å². The first-order chi connectivity index (χ1) is 5.27. The molecule has 3 N–H and O–H groups in total. The number of anilines is 1. The summed E-state index contributed by atoms with van der Waals surface area (Å²) in [7, 11) is 0. The van der Waals surface area contributed by atoms with Crippen molar-refractivity contribution in [3.05, 3.63) is 18.2 Å². The van der Waals surface area contributed by atoms with Crippen LogP contribution < -0.4 is 5.73 Å². The third-order valence-electron chi connectivity index (χ3n) is 1.41. The fourth-order valence-corrected chi connectivity index (χ4v) is 1.71.